The molecule has 1 atom stereocenters. The van der Waals surface area contributed by atoms with Gasteiger partial charge in [0.15, 0.2) is 5.11 Å². The van der Waals surface area contributed by atoms with Gasteiger partial charge in [0.25, 0.3) is 5.91 Å². The van der Waals surface area contributed by atoms with Crippen LogP contribution in [0, 0.1) is 3.57 Å². The number of aliphatic hydroxyl groups is 1. The first-order chi connectivity index (χ1) is 8.00. The molecule has 1 rings (SSSR count). The first-order valence-corrected chi connectivity index (χ1v) is 6.51. The zero-order chi connectivity index (χ0) is 12.8. The Morgan fingerprint density at radius 1 is 1.53 bits per heavy atom. The molecular formula is C11H13IN2O2S. The SMILES string of the molecule is CC(O)CNC(=S)NC(=O)c1ccccc1I. The largest absolute Gasteiger partial charge is 0.392 e. The maximum absolute atomic E-state index is 11.8. The number of halogens is 1. The van der Waals surface area contributed by atoms with E-state index in [0.29, 0.717) is 12.1 Å². The van der Waals surface area contributed by atoms with Crippen molar-refractivity contribution in [1.29, 1.82) is 0 Å². The number of carbonyl (C=O) groups excluding carboxylic acids is 1. The molecule has 1 aromatic rings. The van der Waals surface area contributed by atoms with Crippen LogP contribution in [-0.2, 0) is 0 Å². The van der Waals surface area contributed by atoms with Crippen LogP contribution in [0.2, 0.25) is 0 Å². The first kappa shape index (κ1) is 14.3. The van der Waals surface area contributed by atoms with Gasteiger partial charge in [-0.1, -0.05) is 12.1 Å². The van der Waals surface area contributed by atoms with Gasteiger partial charge >= 0.3 is 0 Å². The Morgan fingerprint density at radius 3 is 2.76 bits per heavy atom. The smallest absolute Gasteiger partial charge is 0.258 e. The van der Waals surface area contributed by atoms with E-state index in [1.165, 1.54) is 0 Å². The monoisotopic (exact) mass is 364 g/mol. The summed E-state index contributed by atoms with van der Waals surface area (Å²) < 4.78 is 0.862. The molecule has 0 aliphatic rings. The van der Waals surface area contributed by atoms with Gasteiger partial charge in [-0.05, 0) is 53.9 Å². The minimum atomic E-state index is -0.512. The fourth-order valence-corrected chi connectivity index (χ4v) is 1.91. The number of amides is 1. The second-order valence-corrected chi connectivity index (χ2v) is 5.06. The van der Waals surface area contributed by atoms with E-state index in [-0.39, 0.29) is 11.0 Å². The Hall–Kier alpha value is -0.730. The molecule has 0 heterocycles. The van der Waals surface area contributed by atoms with Crippen molar-refractivity contribution in [3.63, 3.8) is 0 Å². The highest BCUT2D eigenvalue weighted by atomic mass is 127. The van der Waals surface area contributed by atoms with Crippen molar-refractivity contribution in [1.82, 2.24) is 10.6 Å². The van der Waals surface area contributed by atoms with E-state index in [9.17, 15) is 4.79 Å². The average Bonchev–Trinajstić information content (AvgIpc) is 2.26. The van der Waals surface area contributed by atoms with Gasteiger partial charge in [-0.3, -0.25) is 10.1 Å². The highest BCUT2D eigenvalue weighted by Crippen LogP contribution is 2.10. The average molecular weight is 364 g/mol. The van der Waals surface area contributed by atoms with Gasteiger partial charge in [-0.15, -0.1) is 0 Å². The lowest BCUT2D eigenvalue weighted by molar-refractivity contribution is 0.0975. The second-order valence-electron chi connectivity index (χ2n) is 3.49. The number of rotatable bonds is 3. The third kappa shape index (κ3) is 4.97. The standard InChI is InChI=1S/C11H13IN2O2S/c1-7(15)6-13-11(17)14-10(16)8-4-2-3-5-9(8)12/h2-5,7,15H,6H2,1H3,(H2,13,14,16,17). The molecule has 0 aromatic heterocycles. The van der Waals surface area contributed by atoms with Crippen molar-refractivity contribution in [3.05, 3.63) is 33.4 Å². The van der Waals surface area contributed by atoms with E-state index in [2.05, 4.69) is 33.2 Å². The van der Waals surface area contributed by atoms with Crippen molar-refractivity contribution in [2.75, 3.05) is 6.54 Å². The predicted molar refractivity (Wildman–Crippen MR) is 78.9 cm³/mol. The Morgan fingerprint density at radius 2 is 2.18 bits per heavy atom. The number of nitrogens with one attached hydrogen (secondary N) is 2. The lowest BCUT2D eigenvalue weighted by Gasteiger charge is -2.11. The molecule has 3 N–H and O–H groups in total. The quantitative estimate of drug-likeness (QED) is 0.559. The molecule has 0 saturated heterocycles. The van der Waals surface area contributed by atoms with Gasteiger partial charge in [-0.25, -0.2) is 0 Å². The molecule has 17 heavy (non-hydrogen) atoms. The van der Waals surface area contributed by atoms with E-state index in [0.717, 1.165) is 3.57 Å². The molecule has 0 saturated carbocycles. The highest BCUT2D eigenvalue weighted by molar-refractivity contribution is 14.1. The summed E-state index contributed by atoms with van der Waals surface area (Å²) in [5.41, 5.74) is 0.578. The molecule has 4 nitrogen and oxygen atoms in total. The van der Waals surface area contributed by atoms with Crippen LogP contribution < -0.4 is 10.6 Å². The summed E-state index contributed by atoms with van der Waals surface area (Å²) in [4.78, 5) is 11.8. The van der Waals surface area contributed by atoms with Gasteiger partial charge in [-0.2, -0.15) is 0 Å². The second kappa shape index (κ2) is 6.87. The van der Waals surface area contributed by atoms with Crippen molar-refractivity contribution in [3.8, 4) is 0 Å². The van der Waals surface area contributed by atoms with Crippen LogP contribution in [0.3, 0.4) is 0 Å². The molecule has 0 radical (unpaired) electrons. The van der Waals surface area contributed by atoms with Crippen molar-refractivity contribution in [2.24, 2.45) is 0 Å². The van der Waals surface area contributed by atoms with Crippen LogP contribution in [0.15, 0.2) is 24.3 Å². The van der Waals surface area contributed by atoms with E-state index in [1.807, 2.05) is 12.1 Å². The zero-order valence-corrected chi connectivity index (χ0v) is 12.2. The first-order valence-electron chi connectivity index (χ1n) is 5.02. The van der Waals surface area contributed by atoms with Crippen LogP contribution in [0.25, 0.3) is 0 Å². The number of aliphatic hydroxyl groups excluding tert-OH is 1. The fourth-order valence-electron chi connectivity index (χ4n) is 1.10. The fraction of sp³-hybridized carbons (Fsp3) is 0.273. The van der Waals surface area contributed by atoms with Crippen molar-refractivity contribution < 1.29 is 9.90 Å². The molecule has 1 aromatic carbocycles. The maximum atomic E-state index is 11.8. The summed E-state index contributed by atoms with van der Waals surface area (Å²) in [6.45, 7) is 1.95. The highest BCUT2D eigenvalue weighted by Gasteiger charge is 2.10. The summed E-state index contributed by atoms with van der Waals surface area (Å²) >= 11 is 7.03. The number of hydrogen-bond acceptors (Lipinski definition) is 3. The molecule has 6 heteroatoms. The normalized spacial score (nSPS) is 11.7. The molecular weight excluding hydrogens is 351 g/mol. The van der Waals surface area contributed by atoms with Crippen LogP contribution in [0.4, 0.5) is 0 Å². The number of carbonyl (C=O) groups is 1. The van der Waals surface area contributed by atoms with Crippen molar-refractivity contribution in [2.45, 2.75) is 13.0 Å². The minimum absolute atomic E-state index is 0.218. The maximum Gasteiger partial charge on any atom is 0.258 e. The summed E-state index contributed by atoms with van der Waals surface area (Å²) in [6, 6.07) is 7.24. The third-order valence-corrected chi connectivity index (χ3v) is 3.09. The zero-order valence-electron chi connectivity index (χ0n) is 9.24. The summed E-state index contributed by atoms with van der Waals surface area (Å²) in [5, 5.41) is 14.6. The molecule has 0 spiro atoms. The number of hydrogen-bond donors (Lipinski definition) is 3. The van der Waals surface area contributed by atoms with Gasteiger partial charge in [0.1, 0.15) is 0 Å². The van der Waals surface area contributed by atoms with Gasteiger partial charge in [0.05, 0.1) is 11.7 Å². The molecule has 1 amide bonds. The topological polar surface area (TPSA) is 61.4 Å². The Bertz CT molecular complexity index is 424. The van der Waals surface area contributed by atoms with E-state index in [4.69, 9.17) is 17.3 Å². The Labute approximate surface area is 119 Å². The van der Waals surface area contributed by atoms with Gasteiger partial charge < -0.3 is 10.4 Å². The van der Waals surface area contributed by atoms with E-state index < -0.39 is 6.10 Å². The van der Waals surface area contributed by atoms with Crippen LogP contribution in [-0.4, -0.2) is 28.8 Å². The molecule has 0 bridgehead atoms. The number of thiocarbonyl (C=S) groups is 1. The van der Waals surface area contributed by atoms with Crippen molar-refractivity contribution >= 4 is 45.8 Å². The molecule has 0 aliphatic heterocycles. The summed E-state index contributed by atoms with van der Waals surface area (Å²) in [5.74, 6) is -0.252. The Balaban J connectivity index is 2.55. The molecule has 0 fully saturated rings. The van der Waals surface area contributed by atoms with Crippen LogP contribution >= 0.6 is 34.8 Å². The third-order valence-electron chi connectivity index (χ3n) is 1.90. The predicted octanol–water partition coefficient (Wildman–Crippen LogP) is 1.28. The lowest BCUT2D eigenvalue weighted by atomic mass is 10.2. The lowest BCUT2D eigenvalue weighted by Crippen LogP contribution is -2.42. The van der Waals surface area contributed by atoms with E-state index >= 15 is 0 Å². The van der Waals surface area contributed by atoms with Crippen LogP contribution in [0.1, 0.15) is 17.3 Å². The van der Waals surface area contributed by atoms with Gasteiger partial charge in [0, 0.05) is 10.1 Å². The van der Waals surface area contributed by atoms with Gasteiger partial charge in [0.2, 0.25) is 0 Å². The summed E-state index contributed by atoms with van der Waals surface area (Å²) in [7, 11) is 0. The molecule has 0 aliphatic carbocycles. The Kier molecular flexibility index (Phi) is 5.79. The minimum Gasteiger partial charge on any atom is -0.392 e. The molecule has 92 valence electrons. The number of benzene rings is 1. The summed E-state index contributed by atoms with van der Waals surface area (Å²) in [6.07, 6.45) is -0.512. The molecule has 1 unspecified atom stereocenters. The van der Waals surface area contributed by atoms with Crippen LogP contribution in [0.5, 0.6) is 0 Å². The van der Waals surface area contributed by atoms with E-state index in [1.54, 1.807) is 19.1 Å².